The highest BCUT2D eigenvalue weighted by molar-refractivity contribution is 5.86. The van der Waals surface area contributed by atoms with Crippen molar-refractivity contribution in [3.63, 3.8) is 0 Å². The number of carboxylic acids is 1. The van der Waals surface area contributed by atoms with Crippen molar-refractivity contribution in [2.75, 3.05) is 6.54 Å². The first-order chi connectivity index (χ1) is 14.7. The lowest BCUT2D eigenvalue weighted by Crippen LogP contribution is -2.52. The van der Waals surface area contributed by atoms with E-state index in [0.29, 0.717) is 32.2 Å². The summed E-state index contributed by atoms with van der Waals surface area (Å²) in [4.78, 5) is 48.2. The van der Waals surface area contributed by atoms with Crippen LogP contribution in [0, 0.1) is 17.8 Å². The number of aliphatic hydroxyl groups is 1. The Morgan fingerprint density at radius 3 is 1.97 bits per heavy atom. The normalized spacial score (nSPS) is 21.8. The minimum absolute atomic E-state index is 0.127. The van der Waals surface area contributed by atoms with Crippen LogP contribution in [-0.4, -0.2) is 64.4 Å². The molecule has 0 radical (unpaired) electrons. The maximum Gasteiger partial charge on any atom is 0.408 e. The van der Waals surface area contributed by atoms with Crippen molar-refractivity contribution in [1.29, 1.82) is 0 Å². The zero-order chi connectivity index (χ0) is 24.6. The molecule has 0 bridgehead atoms. The van der Waals surface area contributed by atoms with E-state index in [2.05, 4.69) is 16.0 Å². The molecular formula is C22H39N3O7. The second-order valence-electron chi connectivity index (χ2n) is 9.90. The van der Waals surface area contributed by atoms with Gasteiger partial charge >= 0.3 is 12.1 Å². The molecule has 0 aromatic rings. The third-order valence-corrected chi connectivity index (χ3v) is 5.45. The standard InChI is InChI=1S/C22H39N3O7/c1-12(2)16(25-21(31)32-22(4,5)6)19(28)23-11-14-7-9-15(10-8-14)18(27)24-17(13(3)26)20(29)30/h12-17,26H,7-11H2,1-6H3,(H,23,28)(H,24,27)(H,25,31)(H,29,30). The topological polar surface area (TPSA) is 154 Å². The van der Waals surface area contributed by atoms with Crippen LogP contribution in [0.4, 0.5) is 4.79 Å². The Bertz CT molecular complexity index is 665. The summed E-state index contributed by atoms with van der Waals surface area (Å²) < 4.78 is 5.23. The van der Waals surface area contributed by atoms with Crippen molar-refractivity contribution in [3.05, 3.63) is 0 Å². The quantitative estimate of drug-likeness (QED) is 0.351. The van der Waals surface area contributed by atoms with Crippen molar-refractivity contribution in [2.45, 2.75) is 91.0 Å². The van der Waals surface area contributed by atoms with Crippen LogP contribution in [0.5, 0.6) is 0 Å². The molecule has 10 heteroatoms. The van der Waals surface area contributed by atoms with E-state index in [1.165, 1.54) is 6.92 Å². The summed E-state index contributed by atoms with van der Waals surface area (Å²) in [5, 5.41) is 26.5. The van der Waals surface area contributed by atoms with E-state index < -0.39 is 35.9 Å². The van der Waals surface area contributed by atoms with Gasteiger partial charge in [-0.15, -0.1) is 0 Å². The van der Waals surface area contributed by atoms with E-state index in [1.54, 1.807) is 20.8 Å². The van der Waals surface area contributed by atoms with E-state index in [1.807, 2.05) is 13.8 Å². The second-order valence-corrected chi connectivity index (χ2v) is 9.90. The number of carbonyl (C=O) groups excluding carboxylic acids is 3. The van der Waals surface area contributed by atoms with Crippen LogP contribution < -0.4 is 16.0 Å². The largest absolute Gasteiger partial charge is 0.480 e. The molecule has 10 nitrogen and oxygen atoms in total. The fourth-order valence-electron chi connectivity index (χ4n) is 3.61. The predicted octanol–water partition coefficient (Wildman–Crippen LogP) is 1.41. The van der Waals surface area contributed by atoms with Gasteiger partial charge in [0.25, 0.3) is 0 Å². The molecule has 1 aliphatic carbocycles. The zero-order valence-corrected chi connectivity index (χ0v) is 19.9. The number of rotatable bonds is 9. The number of carboxylic acid groups (broad SMARTS) is 1. The first kappa shape index (κ1) is 27.7. The van der Waals surface area contributed by atoms with Crippen LogP contribution in [-0.2, 0) is 19.1 Å². The van der Waals surface area contributed by atoms with Gasteiger partial charge in [-0.1, -0.05) is 13.8 Å². The maximum absolute atomic E-state index is 12.6. The number of aliphatic hydroxyl groups excluding tert-OH is 1. The minimum atomic E-state index is -1.33. The number of carbonyl (C=O) groups is 4. The van der Waals surface area contributed by atoms with E-state index in [9.17, 15) is 24.3 Å². The average Bonchev–Trinajstić information content (AvgIpc) is 2.66. The number of nitrogens with one attached hydrogen (secondary N) is 3. The van der Waals surface area contributed by atoms with Gasteiger partial charge in [0.1, 0.15) is 11.6 Å². The minimum Gasteiger partial charge on any atom is -0.480 e. The van der Waals surface area contributed by atoms with Crippen LogP contribution in [0.2, 0.25) is 0 Å². The van der Waals surface area contributed by atoms with Gasteiger partial charge in [-0.3, -0.25) is 9.59 Å². The SMILES string of the molecule is CC(C)C(NC(=O)OC(C)(C)C)C(=O)NCC1CCC(C(=O)NC(C(=O)O)C(C)O)CC1. The van der Waals surface area contributed by atoms with Gasteiger partial charge in [0.05, 0.1) is 6.10 Å². The van der Waals surface area contributed by atoms with Gasteiger partial charge in [0.2, 0.25) is 11.8 Å². The molecule has 3 amide bonds. The summed E-state index contributed by atoms with van der Waals surface area (Å²) in [6.07, 6.45) is 0.721. The molecule has 0 spiro atoms. The fourth-order valence-corrected chi connectivity index (χ4v) is 3.61. The van der Waals surface area contributed by atoms with Crippen LogP contribution >= 0.6 is 0 Å². The molecule has 0 aromatic heterocycles. The molecule has 5 N–H and O–H groups in total. The van der Waals surface area contributed by atoms with E-state index >= 15 is 0 Å². The number of ether oxygens (including phenoxy) is 1. The Kier molecular flexibility index (Phi) is 10.4. The molecule has 1 aliphatic rings. The smallest absolute Gasteiger partial charge is 0.408 e. The molecule has 184 valence electrons. The molecule has 0 aromatic carbocycles. The van der Waals surface area contributed by atoms with Crippen molar-refractivity contribution >= 4 is 23.9 Å². The van der Waals surface area contributed by atoms with Crippen molar-refractivity contribution < 1.29 is 34.1 Å². The van der Waals surface area contributed by atoms with Gasteiger partial charge in [0, 0.05) is 12.5 Å². The maximum atomic E-state index is 12.6. The number of hydrogen-bond donors (Lipinski definition) is 5. The van der Waals surface area contributed by atoms with Crippen LogP contribution in [0.1, 0.15) is 67.2 Å². The fraction of sp³-hybridized carbons (Fsp3) is 0.818. The highest BCUT2D eigenvalue weighted by Gasteiger charge is 2.32. The number of alkyl carbamates (subject to hydrolysis) is 1. The molecule has 32 heavy (non-hydrogen) atoms. The average molecular weight is 458 g/mol. The van der Waals surface area contributed by atoms with Crippen molar-refractivity contribution in [3.8, 4) is 0 Å². The Labute approximate surface area is 189 Å². The molecule has 1 saturated carbocycles. The molecule has 0 saturated heterocycles. The third-order valence-electron chi connectivity index (χ3n) is 5.45. The molecule has 0 aliphatic heterocycles. The summed E-state index contributed by atoms with van der Waals surface area (Å²) >= 11 is 0. The number of hydrogen-bond acceptors (Lipinski definition) is 6. The number of amides is 3. The summed E-state index contributed by atoms with van der Waals surface area (Å²) in [5.74, 6) is -2.19. The Hall–Kier alpha value is -2.36. The molecular weight excluding hydrogens is 418 g/mol. The highest BCUT2D eigenvalue weighted by Crippen LogP contribution is 2.28. The van der Waals surface area contributed by atoms with E-state index in [0.717, 1.165) is 0 Å². The van der Waals surface area contributed by atoms with Crippen LogP contribution in [0.3, 0.4) is 0 Å². The number of aliphatic carboxylic acids is 1. The highest BCUT2D eigenvalue weighted by atomic mass is 16.6. The Balaban J connectivity index is 2.50. The Morgan fingerprint density at radius 2 is 1.53 bits per heavy atom. The lowest BCUT2D eigenvalue weighted by atomic mass is 9.81. The third kappa shape index (κ3) is 9.42. The first-order valence-electron chi connectivity index (χ1n) is 11.2. The summed E-state index contributed by atoms with van der Waals surface area (Å²) in [6.45, 7) is 10.7. The van der Waals surface area contributed by atoms with Gasteiger partial charge in [-0.25, -0.2) is 9.59 Å². The van der Waals surface area contributed by atoms with Crippen molar-refractivity contribution in [1.82, 2.24) is 16.0 Å². The molecule has 0 heterocycles. The predicted molar refractivity (Wildman–Crippen MR) is 118 cm³/mol. The van der Waals surface area contributed by atoms with Gasteiger partial charge < -0.3 is 30.9 Å². The van der Waals surface area contributed by atoms with Gasteiger partial charge in [0.15, 0.2) is 6.04 Å². The monoisotopic (exact) mass is 457 g/mol. The summed E-state index contributed by atoms with van der Waals surface area (Å²) in [5.41, 5.74) is -0.660. The van der Waals surface area contributed by atoms with Crippen molar-refractivity contribution in [2.24, 2.45) is 17.8 Å². The molecule has 3 atom stereocenters. The van der Waals surface area contributed by atoms with E-state index in [-0.39, 0.29) is 29.6 Å². The molecule has 1 fully saturated rings. The second kappa shape index (κ2) is 12.0. The summed E-state index contributed by atoms with van der Waals surface area (Å²) in [6, 6.07) is -2.05. The lowest BCUT2D eigenvalue weighted by molar-refractivity contribution is -0.145. The first-order valence-corrected chi connectivity index (χ1v) is 11.2. The molecule has 1 rings (SSSR count). The van der Waals surface area contributed by atoms with Gasteiger partial charge in [-0.2, -0.15) is 0 Å². The Morgan fingerprint density at radius 1 is 0.969 bits per heavy atom. The van der Waals surface area contributed by atoms with E-state index in [4.69, 9.17) is 9.84 Å². The van der Waals surface area contributed by atoms with Crippen LogP contribution in [0.25, 0.3) is 0 Å². The lowest BCUT2D eigenvalue weighted by Gasteiger charge is -2.30. The summed E-state index contributed by atoms with van der Waals surface area (Å²) in [7, 11) is 0. The zero-order valence-electron chi connectivity index (χ0n) is 19.9. The van der Waals surface area contributed by atoms with Crippen LogP contribution in [0.15, 0.2) is 0 Å². The van der Waals surface area contributed by atoms with Gasteiger partial charge in [-0.05, 0) is 65.2 Å². The molecule has 3 unspecified atom stereocenters.